The Bertz CT molecular complexity index is 1350. The highest BCUT2D eigenvalue weighted by Crippen LogP contribution is 2.16. The molecule has 1 aromatic carbocycles. The number of aryl methyl sites for hydroxylation is 1. The van der Waals surface area contributed by atoms with Crippen LogP contribution in [0.3, 0.4) is 0 Å². The topological polar surface area (TPSA) is 123 Å². The van der Waals surface area contributed by atoms with Crippen molar-refractivity contribution in [2.45, 2.75) is 13.5 Å². The van der Waals surface area contributed by atoms with Gasteiger partial charge in [-0.15, -0.1) is 0 Å². The number of pyridine rings is 1. The number of amides is 1. The van der Waals surface area contributed by atoms with Crippen LogP contribution < -0.4 is 20.8 Å². The molecule has 0 spiro atoms. The molecule has 2 aromatic heterocycles. The number of nitrogens with one attached hydrogen (secondary N) is 1. The Morgan fingerprint density at radius 2 is 1.97 bits per heavy atom. The predicted molar refractivity (Wildman–Crippen MR) is 124 cm³/mol. The van der Waals surface area contributed by atoms with Gasteiger partial charge in [0.2, 0.25) is 11.4 Å². The summed E-state index contributed by atoms with van der Waals surface area (Å²) >= 11 is 5.34. The van der Waals surface area contributed by atoms with Crippen molar-refractivity contribution < 1.29 is 19.1 Å². The molecule has 3 heterocycles. The molecule has 1 fully saturated rings. The largest absolute Gasteiger partial charge is 0.545 e. The maximum atomic E-state index is 13.4. The van der Waals surface area contributed by atoms with E-state index in [1.165, 1.54) is 30.6 Å². The van der Waals surface area contributed by atoms with Crippen LogP contribution >= 0.6 is 12.2 Å². The Balaban J connectivity index is 1.46. The zero-order valence-electron chi connectivity index (χ0n) is 18.2. The number of carboxylic acids is 1. The minimum atomic E-state index is -1.55. The Hall–Kier alpha value is -3.93. The molecule has 0 radical (unpaired) electrons. The van der Waals surface area contributed by atoms with Crippen molar-refractivity contribution in [3.8, 4) is 0 Å². The van der Waals surface area contributed by atoms with Gasteiger partial charge in [-0.1, -0.05) is 6.07 Å². The SMILES string of the molecule is CCn1cc(C(=O)[O-])c(=O)c2cnc(N3CCN(C(=S)NC(=O)c4cccc(F)c4)CC3)nc21. The average molecular weight is 484 g/mol. The molecule has 1 aliphatic heterocycles. The fraction of sp³-hybridized carbons (Fsp3) is 0.273. The van der Waals surface area contributed by atoms with Gasteiger partial charge >= 0.3 is 0 Å². The second kappa shape index (κ2) is 9.51. The molecule has 1 aliphatic rings. The van der Waals surface area contributed by atoms with Crippen LogP contribution in [-0.2, 0) is 6.54 Å². The van der Waals surface area contributed by atoms with Gasteiger partial charge in [0.15, 0.2) is 5.11 Å². The summed E-state index contributed by atoms with van der Waals surface area (Å²) in [6.07, 6.45) is 2.56. The number of fused-ring (bicyclic) bond motifs is 1. The summed E-state index contributed by atoms with van der Waals surface area (Å²) in [5, 5.41) is 14.2. The van der Waals surface area contributed by atoms with Gasteiger partial charge in [0.05, 0.1) is 16.9 Å². The number of carbonyl (C=O) groups excluding carboxylic acids is 2. The van der Waals surface area contributed by atoms with E-state index in [1.807, 2.05) is 16.7 Å². The van der Waals surface area contributed by atoms with Gasteiger partial charge in [0.1, 0.15) is 11.5 Å². The van der Waals surface area contributed by atoms with Crippen LogP contribution in [0, 0.1) is 5.82 Å². The number of nitrogens with zero attached hydrogens (tertiary/aromatic N) is 5. The lowest BCUT2D eigenvalue weighted by molar-refractivity contribution is -0.255. The molecule has 0 bridgehead atoms. The lowest BCUT2D eigenvalue weighted by Gasteiger charge is -2.36. The molecule has 3 aromatic rings. The molecule has 176 valence electrons. The van der Waals surface area contributed by atoms with Crippen molar-refractivity contribution in [2.75, 3.05) is 31.1 Å². The number of benzene rings is 1. The number of rotatable bonds is 4. The van der Waals surface area contributed by atoms with Crippen LogP contribution in [0.15, 0.2) is 41.5 Å². The molecule has 4 rings (SSSR count). The number of thiocarbonyl (C=S) groups is 1. The molecule has 0 atom stereocenters. The summed E-state index contributed by atoms with van der Waals surface area (Å²) < 4.78 is 14.9. The maximum Gasteiger partial charge on any atom is 0.257 e. The first-order valence-electron chi connectivity index (χ1n) is 10.5. The van der Waals surface area contributed by atoms with Crippen molar-refractivity contribution in [3.63, 3.8) is 0 Å². The molecular weight excluding hydrogens is 463 g/mol. The third-order valence-corrected chi connectivity index (χ3v) is 5.88. The van der Waals surface area contributed by atoms with E-state index < -0.39 is 28.7 Å². The number of aromatic carboxylic acids is 1. The van der Waals surface area contributed by atoms with E-state index in [0.29, 0.717) is 44.3 Å². The van der Waals surface area contributed by atoms with E-state index in [9.17, 15) is 23.9 Å². The fourth-order valence-corrected chi connectivity index (χ4v) is 3.97. The van der Waals surface area contributed by atoms with Crippen molar-refractivity contribution in [1.29, 1.82) is 0 Å². The lowest BCUT2D eigenvalue weighted by Crippen LogP contribution is -2.53. The van der Waals surface area contributed by atoms with E-state index in [-0.39, 0.29) is 16.1 Å². The van der Waals surface area contributed by atoms with Gasteiger partial charge in [-0.05, 0) is 37.3 Å². The second-order valence-electron chi connectivity index (χ2n) is 7.60. The number of hydrogen-bond acceptors (Lipinski definition) is 8. The van der Waals surface area contributed by atoms with Gasteiger partial charge in [-0.2, -0.15) is 4.98 Å². The van der Waals surface area contributed by atoms with Crippen molar-refractivity contribution in [2.24, 2.45) is 0 Å². The minimum Gasteiger partial charge on any atom is -0.545 e. The van der Waals surface area contributed by atoms with Gasteiger partial charge in [0, 0.05) is 50.7 Å². The number of halogens is 1. The Labute approximate surface area is 198 Å². The van der Waals surface area contributed by atoms with Crippen LogP contribution in [0.2, 0.25) is 0 Å². The van der Waals surface area contributed by atoms with E-state index in [2.05, 4.69) is 15.3 Å². The second-order valence-corrected chi connectivity index (χ2v) is 7.98. The van der Waals surface area contributed by atoms with Gasteiger partial charge < -0.3 is 24.3 Å². The molecule has 34 heavy (non-hydrogen) atoms. The minimum absolute atomic E-state index is 0.104. The lowest BCUT2D eigenvalue weighted by atomic mass is 10.2. The number of aromatic nitrogens is 3. The number of carboxylic acid groups (broad SMARTS) is 1. The zero-order chi connectivity index (χ0) is 24.4. The summed E-state index contributed by atoms with van der Waals surface area (Å²) in [7, 11) is 0. The van der Waals surface area contributed by atoms with Gasteiger partial charge in [-0.3, -0.25) is 14.9 Å². The quantitative estimate of drug-likeness (QED) is 0.517. The molecule has 10 nitrogen and oxygen atoms in total. The Morgan fingerprint density at radius 1 is 1.24 bits per heavy atom. The van der Waals surface area contributed by atoms with E-state index in [0.717, 1.165) is 6.07 Å². The summed E-state index contributed by atoms with van der Waals surface area (Å²) in [5.74, 6) is -2.15. The van der Waals surface area contributed by atoms with Crippen LogP contribution in [-0.4, -0.2) is 62.6 Å². The van der Waals surface area contributed by atoms with Gasteiger partial charge in [-0.25, -0.2) is 9.37 Å². The third kappa shape index (κ3) is 4.57. The monoisotopic (exact) mass is 483 g/mol. The van der Waals surface area contributed by atoms with Crippen molar-refractivity contribution >= 4 is 46.2 Å². The first-order valence-corrected chi connectivity index (χ1v) is 10.9. The molecule has 1 amide bonds. The van der Waals surface area contributed by atoms with Crippen molar-refractivity contribution in [1.82, 2.24) is 24.8 Å². The van der Waals surface area contributed by atoms with E-state index in [4.69, 9.17) is 12.2 Å². The Kier molecular flexibility index (Phi) is 6.50. The number of hydrogen-bond donors (Lipinski definition) is 1. The highest BCUT2D eigenvalue weighted by molar-refractivity contribution is 7.80. The zero-order valence-corrected chi connectivity index (χ0v) is 19.0. The normalized spacial score (nSPS) is 13.7. The fourth-order valence-electron chi connectivity index (χ4n) is 3.69. The number of piperazine rings is 1. The van der Waals surface area contributed by atoms with Crippen LogP contribution in [0.5, 0.6) is 0 Å². The highest BCUT2D eigenvalue weighted by atomic mass is 32.1. The molecule has 0 saturated carbocycles. The maximum absolute atomic E-state index is 13.4. The smallest absolute Gasteiger partial charge is 0.257 e. The van der Waals surface area contributed by atoms with Crippen LogP contribution in [0.25, 0.3) is 11.0 Å². The molecule has 0 unspecified atom stereocenters. The first-order chi connectivity index (χ1) is 16.3. The average Bonchev–Trinajstić information content (AvgIpc) is 2.84. The van der Waals surface area contributed by atoms with Gasteiger partial charge in [0.25, 0.3) is 5.91 Å². The molecule has 0 aliphatic carbocycles. The highest BCUT2D eigenvalue weighted by Gasteiger charge is 2.23. The standard InChI is InChI=1S/C22H21FN6O4S/c1-2-27-12-16(20(32)33)17(30)15-11-24-21(25-18(15)27)28-6-8-29(9-7-28)22(34)26-19(31)13-4-3-5-14(23)10-13/h3-5,10-12H,2,6-9H2,1H3,(H,32,33)(H,26,31,34)/p-1. The molecular formula is C22H20FN6O4S-. The molecule has 1 N–H and O–H groups in total. The summed E-state index contributed by atoms with van der Waals surface area (Å²) in [6.45, 7) is 4.16. The van der Waals surface area contributed by atoms with Crippen LogP contribution in [0.4, 0.5) is 10.3 Å². The van der Waals surface area contributed by atoms with Crippen LogP contribution in [0.1, 0.15) is 27.6 Å². The molecule has 12 heteroatoms. The number of anilines is 1. The number of carbonyl (C=O) groups is 2. The van der Waals surface area contributed by atoms with E-state index >= 15 is 0 Å². The predicted octanol–water partition coefficient (Wildman–Crippen LogP) is 0.151. The Morgan fingerprint density at radius 3 is 2.62 bits per heavy atom. The van der Waals surface area contributed by atoms with Crippen molar-refractivity contribution in [3.05, 3.63) is 63.8 Å². The molecule has 1 saturated heterocycles. The van der Waals surface area contributed by atoms with E-state index in [1.54, 1.807) is 4.57 Å². The third-order valence-electron chi connectivity index (χ3n) is 5.52. The summed E-state index contributed by atoms with van der Waals surface area (Å²) in [5.41, 5.74) is -0.610. The first kappa shape index (κ1) is 23.2. The summed E-state index contributed by atoms with van der Waals surface area (Å²) in [4.78, 5) is 48.5. The summed E-state index contributed by atoms with van der Waals surface area (Å²) in [6, 6.07) is 5.35.